The van der Waals surface area contributed by atoms with Crippen LogP contribution in [0, 0.1) is 0 Å². The highest BCUT2D eigenvalue weighted by molar-refractivity contribution is 7.07. The van der Waals surface area contributed by atoms with Gasteiger partial charge < -0.3 is 4.74 Å². The molecule has 2 aromatic rings. The SMILES string of the molecule is O=C(Cc1ccc(OC(F)(F)F)cc1)Cc1ccsc1. The summed E-state index contributed by atoms with van der Waals surface area (Å²) < 4.78 is 39.7. The van der Waals surface area contributed by atoms with E-state index in [1.807, 2.05) is 16.8 Å². The van der Waals surface area contributed by atoms with Gasteiger partial charge >= 0.3 is 6.36 Å². The minimum Gasteiger partial charge on any atom is -0.406 e. The van der Waals surface area contributed by atoms with E-state index in [1.165, 1.54) is 35.6 Å². The van der Waals surface area contributed by atoms with Crippen LogP contribution in [0.15, 0.2) is 41.1 Å². The summed E-state index contributed by atoms with van der Waals surface area (Å²) in [6.07, 6.45) is -4.16. The second kappa shape index (κ2) is 6.09. The standard InChI is InChI=1S/C14H11F3O2S/c15-14(16,17)19-13-3-1-10(2-4-13)7-12(18)8-11-5-6-20-9-11/h1-6,9H,7-8H2. The lowest BCUT2D eigenvalue weighted by Gasteiger charge is -2.09. The number of rotatable bonds is 5. The van der Waals surface area contributed by atoms with Crippen molar-refractivity contribution in [2.45, 2.75) is 19.2 Å². The van der Waals surface area contributed by atoms with Gasteiger partial charge in [0.2, 0.25) is 0 Å². The molecular formula is C14H11F3O2S. The van der Waals surface area contributed by atoms with Crippen LogP contribution in [0.2, 0.25) is 0 Å². The van der Waals surface area contributed by atoms with Gasteiger partial charge in [-0.05, 0) is 40.1 Å². The van der Waals surface area contributed by atoms with Crippen LogP contribution in [0.1, 0.15) is 11.1 Å². The van der Waals surface area contributed by atoms with Crippen molar-refractivity contribution in [1.29, 1.82) is 0 Å². The van der Waals surface area contributed by atoms with Gasteiger partial charge in [-0.25, -0.2) is 0 Å². The molecule has 2 rings (SSSR count). The molecule has 0 atom stereocenters. The molecule has 0 N–H and O–H groups in total. The minimum absolute atomic E-state index is 0.0212. The number of Topliss-reactive ketones (excluding diaryl/α,β-unsaturated/α-hetero) is 1. The van der Waals surface area contributed by atoms with Crippen molar-refractivity contribution in [3.8, 4) is 5.75 Å². The molecule has 0 aliphatic carbocycles. The summed E-state index contributed by atoms with van der Waals surface area (Å²) in [7, 11) is 0. The highest BCUT2D eigenvalue weighted by Gasteiger charge is 2.30. The van der Waals surface area contributed by atoms with E-state index < -0.39 is 6.36 Å². The predicted molar refractivity (Wildman–Crippen MR) is 69.9 cm³/mol. The largest absolute Gasteiger partial charge is 0.573 e. The van der Waals surface area contributed by atoms with E-state index in [1.54, 1.807) is 0 Å². The molecule has 1 aromatic carbocycles. The Labute approximate surface area is 117 Å². The maximum absolute atomic E-state index is 12.0. The lowest BCUT2D eigenvalue weighted by molar-refractivity contribution is -0.274. The van der Waals surface area contributed by atoms with Gasteiger partial charge in [0.1, 0.15) is 11.5 Å². The second-order valence-electron chi connectivity index (χ2n) is 4.22. The average Bonchev–Trinajstić information content (AvgIpc) is 2.82. The minimum atomic E-state index is -4.70. The first-order chi connectivity index (χ1) is 9.42. The third-order valence-electron chi connectivity index (χ3n) is 2.54. The number of carbonyl (C=O) groups excluding carboxylic acids is 1. The first kappa shape index (κ1) is 14.6. The molecule has 0 amide bonds. The van der Waals surface area contributed by atoms with Crippen LogP contribution in [0.3, 0.4) is 0 Å². The Kier molecular flexibility index (Phi) is 4.44. The number of alkyl halides is 3. The number of hydrogen-bond donors (Lipinski definition) is 0. The number of hydrogen-bond acceptors (Lipinski definition) is 3. The zero-order chi connectivity index (χ0) is 14.6. The quantitative estimate of drug-likeness (QED) is 0.834. The number of ether oxygens (including phenoxy) is 1. The molecule has 0 saturated heterocycles. The molecule has 0 aliphatic rings. The molecule has 0 unspecified atom stereocenters. The van der Waals surface area contributed by atoms with Crippen molar-refractivity contribution in [3.63, 3.8) is 0 Å². The van der Waals surface area contributed by atoms with Gasteiger partial charge in [0.15, 0.2) is 0 Å². The smallest absolute Gasteiger partial charge is 0.406 e. The maximum Gasteiger partial charge on any atom is 0.573 e. The number of thiophene rings is 1. The van der Waals surface area contributed by atoms with Crippen LogP contribution in [-0.4, -0.2) is 12.1 Å². The lowest BCUT2D eigenvalue weighted by Crippen LogP contribution is -2.17. The van der Waals surface area contributed by atoms with Crippen LogP contribution in [0.4, 0.5) is 13.2 Å². The first-order valence-electron chi connectivity index (χ1n) is 5.80. The summed E-state index contributed by atoms with van der Waals surface area (Å²) in [6.45, 7) is 0. The van der Waals surface area contributed by atoms with E-state index in [0.717, 1.165) is 5.56 Å². The van der Waals surface area contributed by atoms with Crippen molar-refractivity contribution in [3.05, 3.63) is 52.2 Å². The topological polar surface area (TPSA) is 26.3 Å². The molecule has 0 saturated carbocycles. The van der Waals surface area contributed by atoms with Crippen LogP contribution in [0.25, 0.3) is 0 Å². The van der Waals surface area contributed by atoms with E-state index in [2.05, 4.69) is 4.74 Å². The first-order valence-corrected chi connectivity index (χ1v) is 6.74. The van der Waals surface area contributed by atoms with Gasteiger partial charge in [0.25, 0.3) is 0 Å². The third-order valence-corrected chi connectivity index (χ3v) is 3.27. The van der Waals surface area contributed by atoms with Crippen molar-refractivity contribution < 1.29 is 22.7 Å². The highest BCUT2D eigenvalue weighted by Crippen LogP contribution is 2.23. The van der Waals surface area contributed by atoms with Gasteiger partial charge in [-0.15, -0.1) is 13.2 Å². The fourth-order valence-electron chi connectivity index (χ4n) is 1.72. The molecule has 0 fully saturated rings. The molecule has 0 bridgehead atoms. The predicted octanol–water partition coefficient (Wildman–Crippen LogP) is 4.00. The molecule has 0 radical (unpaired) electrons. The molecule has 20 heavy (non-hydrogen) atoms. The van der Waals surface area contributed by atoms with Crippen LogP contribution in [0.5, 0.6) is 5.75 Å². The molecule has 1 aromatic heterocycles. The van der Waals surface area contributed by atoms with Gasteiger partial charge in [-0.3, -0.25) is 4.79 Å². The Bertz CT molecular complexity index is 559. The third kappa shape index (κ3) is 4.70. The van der Waals surface area contributed by atoms with Crippen molar-refractivity contribution in [1.82, 2.24) is 0 Å². The summed E-state index contributed by atoms with van der Waals surface area (Å²) in [6, 6.07) is 7.23. The number of halogens is 3. The van der Waals surface area contributed by atoms with Crippen LogP contribution in [-0.2, 0) is 17.6 Å². The monoisotopic (exact) mass is 300 g/mol. The van der Waals surface area contributed by atoms with Crippen molar-refractivity contribution >= 4 is 17.1 Å². The molecule has 0 spiro atoms. The summed E-state index contributed by atoms with van der Waals surface area (Å²) in [5, 5.41) is 3.80. The zero-order valence-electron chi connectivity index (χ0n) is 10.3. The fraction of sp³-hybridized carbons (Fsp3) is 0.214. The van der Waals surface area contributed by atoms with Gasteiger partial charge in [-0.2, -0.15) is 11.3 Å². The molecule has 2 nitrogen and oxygen atoms in total. The van der Waals surface area contributed by atoms with Crippen LogP contribution >= 0.6 is 11.3 Å². The summed E-state index contributed by atoms with van der Waals surface area (Å²) in [5.41, 5.74) is 1.62. The molecule has 106 valence electrons. The van der Waals surface area contributed by atoms with Crippen LogP contribution < -0.4 is 4.74 Å². The van der Waals surface area contributed by atoms with Gasteiger partial charge in [-0.1, -0.05) is 12.1 Å². The van der Waals surface area contributed by atoms with E-state index in [0.29, 0.717) is 12.0 Å². The van der Waals surface area contributed by atoms with E-state index in [4.69, 9.17) is 0 Å². The molecular weight excluding hydrogens is 289 g/mol. The molecule has 0 aliphatic heterocycles. The normalized spacial score (nSPS) is 11.3. The zero-order valence-corrected chi connectivity index (χ0v) is 11.1. The van der Waals surface area contributed by atoms with Crippen molar-refractivity contribution in [2.24, 2.45) is 0 Å². The van der Waals surface area contributed by atoms with E-state index in [9.17, 15) is 18.0 Å². The Morgan fingerprint density at radius 3 is 2.25 bits per heavy atom. The Balaban J connectivity index is 1.92. The second-order valence-corrected chi connectivity index (χ2v) is 5.00. The number of benzene rings is 1. The highest BCUT2D eigenvalue weighted by atomic mass is 32.1. The summed E-state index contributed by atoms with van der Waals surface area (Å²) in [4.78, 5) is 11.8. The van der Waals surface area contributed by atoms with E-state index >= 15 is 0 Å². The Morgan fingerprint density at radius 2 is 1.70 bits per heavy atom. The van der Waals surface area contributed by atoms with Gasteiger partial charge in [0.05, 0.1) is 0 Å². The fourth-order valence-corrected chi connectivity index (χ4v) is 2.39. The summed E-state index contributed by atoms with van der Waals surface area (Å²) >= 11 is 1.52. The average molecular weight is 300 g/mol. The molecule has 1 heterocycles. The number of ketones is 1. The lowest BCUT2D eigenvalue weighted by atomic mass is 10.0. The number of carbonyl (C=O) groups is 1. The van der Waals surface area contributed by atoms with Crippen molar-refractivity contribution in [2.75, 3.05) is 0 Å². The van der Waals surface area contributed by atoms with E-state index in [-0.39, 0.29) is 18.0 Å². The molecule has 6 heteroatoms. The van der Waals surface area contributed by atoms with Gasteiger partial charge in [0, 0.05) is 12.8 Å². The Hall–Kier alpha value is -1.82. The summed E-state index contributed by atoms with van der Waals surface area (Å²) in [5.74, 6) is -0.264. The Morgan fingerprint density at radius 1 is 1.05 bits per heavy atom. The maximum atomic E-state index is 12.0.